The lowest BCUT2D eigenvalue weighted by atomic mass is 9.84. The minimum Gasteiger partial charge on any atom is -0.256 e. The van der Waals surface area contributed by atoms with Crippen molar-refractivity contribution in [1.82, 2.24) is 9.97 Å². The highest BCUT2D eigenvalue weighted by Gasteiger charge is 2.18. The second kappa shape index (κ2) is 12.5. The second-order valence-electron chi connectivity index (χ2n) is 13.4. The van der Waals surface area contributed by atoms with Gasteiger partial charge in [-0.05, 0) is 125 Å². The van der Waals surface area contributed by atoms with E-state index in [1.807, 2.05) is 36.7 Å². The number of nitrogens with zero attached hydrogens (tertiary/aromatic N) is 2. The number of pyridine rings is 2. The van der Waals surface area contributed by atoms with Crippen molar-refractivity contribution in [2.45, 2.75) is 0 Å². The standard InChI is InChI=1S/C50H32N2/c1-2-9-35(10-3-1)45-32-46(44-26-24-39-12-8-11-38-23-25-43(45)50(44)49(38)39)42-30-40(33-15-19-36(20-16-33)47-13-4-6-27-51-47)29-41(31-42)34-17-21-37(22-18-34)48-14-5-7-28-52-48/h1-32H. The van der Waals surface area contributed by atoms with Crippen LogP contribution in [0.5, 0.6) is 0 Å². The molecule has 0 spiro atoms. The Bertz CT molecular complexity index is 2730. The van der Waals surface area contributed by atoms with Crippen LogP contribution in [0.15, 0.2) is 194 Å². The maximum atomic E-state index is 4.58. The van der Waals surface area contributed by atoms with Crippen LogP contribution in [0.2, 0.25) is 0 Å². The van der Waals surface area contributed by atoms with Gasteiger partial charge in [0.1, 0.15) is 0 Å². The van der Waals surface area contributed by atoms with Crippen molar-refractivity contribution in [3.8, 4) is 67.0 Å². The van der Waals surface area contributed by atoms with Crippen molar-refractivity contribution < 1.29 is 0 Å². The molecule has 0 aliphatic heterocycles. The minimum absolute atomic E-state index is 0.971. The summed E-state index contributed by atoms with van der Waals surface area (Å²) < 4.78 is 0. The molecule has 0 saturated carbocycles. The van der Waals surface area contributed by atoms with Gasteiger partial charge in [-0.25, -0.2) is 0 Å². The summed E-state index contributed by atoms with van der Waals surface area (Å²) in [7, 11) is 0. The Kier molecular flexibility index (Phi) is 7.18. The highest BCUT2D eigenvalue weighted by molar-refractivity contribution is 6.28. The third-order valence-electron chi connectivity index (χ3n) is 10.3. The molecular formula is C50H32N2. The highest BCUT2D eigenvalue weighted by atomic mass is 14.7. The van der Waals surface area contributed by atoms with Crippen LogP contribution in [0.4, 0.5) is 0 Å². The smallest absolute Gasteiger partial charge is 0.0701 e. The predicted octanol–water partition coefficient (Wildman–Crippen LogP) is 13.4. The van der Waals surface area contributed by atoms with Gasteiger partial charge in [0.2, 0.25) is 0 Å². The molecule has 0 N–H and O–H groups in total. The summed E-state index contributed by atoms with van der Waals surface area (Å²) in [6.45, 7) is 0. The molecular weight excluding hydrogens is 629 g/mol. The van der Waals surface area contributed by atoms with E-state index in [9.17, 15) is 0 Å². The van der Waals surface area contributed by atoms with Gasteiger partial charge in [-0.3, -0.25) is 9.97 Å². The zero-order valence-electron chi connectivity index (χ0n) is 28.4. The van der Waals surface area contributed by atoms with Crippen LogP contribution in [0, 0.1) is 0 Å². The number of hydrogen-bond donors (Lipinski definition) is 0. The summed E-state index contributed by atoms with van der Waals surface area (Å²) in [5.41, 5.74) is 13.7. The molecule has 0 saturated heterocycles. The van der Waals surface area contributed by atoms with E-state index in [2.05, 4.69) is 168 Å². The molecule has 0 bridgehead atoms. The first kappa shape index (κ1) is 30.0. The van der Waals surface area contributed by atoms with Gasteiger partial charge in [-0.2, -0.15) is 0 Å². The van der Waals surface area contributed by atoms with Gasteiger partial charge >= 0.3 is 0 Å². The van der Waals surface area contributed by atoms with E-state index < -0.39 is 0 Å². The van der Waals surface area contributed by atoms with Crippen molar-refractivity contribution >= 4 is 32.3 Å². The number of rotatable bonds is 6. The molecule has 2 nitrogen and oxygen atoms in total. The molecule has 0 aliphatic rings. The number of hydrogen-bond acceptors (Lipinski definition) is 2. The molecule has 0 atom stereocenters. The fourth-order valence-electron chi connectivity index (χ4n) is 7.78. The molecule has 10 rings (SSSR count). The van der Waals surface area contributed by atoms with Crippen LogP contribution in [0.3, 0.4) is 0 Å². The molecule has 242 valence electrons. The Morgan fingerprint density at radius 1 is 0.269 bits per heavy atom. The van der Waals surface area contributed by atoms with Crippen molar-refractivity contribution in [3.05, 3.63) is 194 Å². The maximum Gasteiger partial charge on any atom is 0.0701 e. The van der Waals surface area contributed by atoms with Gasteiger partial charge in [-0.1, -0.05) is 133 Å². The topological polar surface area (TPSA) is 25.8 Å². The summed E-state index contributed by atoms with van der Waals surface area (Å²) in [6, 6.07) is 65.8. The van der Waals surface area contributed by atoms with Gasteiger partial charge in [0.05, 0.1) is 11.4 Å². The van der Waals surface area contributed by atoms with Crippen LogP contribution in [0.1, 0.15) is 0 Å². The average Bonchev–Trinajstić information content (AvgIpc) is 3.23. The van der Waals surface area contributed by atoms with Crippen LogP contribution in [-0.2, 0) is 0 Å². The monoisotopic (exact) mass is 660 g/mol. The predicted molar refractivity (Wildman–Crippen MR) is 218 cm³/mol. The summed E-state index contributed by atoms with van der Waals surface area (Å²) in [4.78, 5) is 9.16. The largest absolute Gasteiger partial charge is 0.256 e. The van der Waals surface area contributed by atoms with E-state index in [-0.39, 0.29) is 0 Å². The molecule has 0 unspecified atom stereocenters. The lowest BCUT2D eigenvalue weighted by molar-refractivity contribution is 1.33. The Balaban J connectivity index is 1.21. The molecule has 10 aromatic rings. The van der Waals surface area contributed by atoms with Gasteiger partial charge in [0.15, 0.2) is 0 Å². The third kappa shape index (κ3) is 5.21. The quantitative estimate of drug-likeness (QED) is 0.166. The second-order valence-corrected chi connectivity index (χ2v) is 13.4. The van der Waals surface area contributed by atoms with Crippen molar-refractivity contribution in [3.63, 3.8) is 0 Å². The highest BCUT2D eigenvalue weighted by Crippen LogP contribution is 2.45. The van der Waals surface area contributed by atoms with Crippen LogP contribution < -0.4 is 0 Å². The Hall–Kier alpha value is -6.90. The van der Waals surface area contributed by atoms with Crippen molar-refractivity contribution in [1.29, 1.82) is 0 Å². The zero-order chi connectivity index (χ0) is 34.4. The lowest BCUT2D eigenvalue weighted by Gasteiger charge is -2.19. The van der Waals surface area contributed by atoms with E-state index in [4.69, 9.17) is 0 Å². The Labute approximate surface area is 302 Å². The van der Waals surface area contributed by atoms with Gasteiger partial charge in [0, 0.05) is 23.5 Å². The molecule has 2 heteroatoms. The molecule has 0 aliphatic carbocycles. The first-order valence-corrected chi connectivity index (χ1v) is 17.7. The molecule has 52 heavy (non-hydrogen) atoms. The summed E-state index contributed by atoms with van der Waals surface area (Å²) in [5.74, 6) is 0. The molecule has 0 fully saturated rings. The van der Waals surface area contributed by atoms with Crippen LogP contribution in [-0.4, -0.2) is 9.97 Å². The van der Waals surface area contributed by atoms with Gasteiger partial charge in [-0.15, -0.1) is 0 Å². The maximum absolute atomic E-state index is 4.58. The fourth-order valence-corrected chi connectivity index (χ4v) is 7.78. The summed E-state index contributed by atoms with van der Waals surface area (Å²) in [6.07, 6.45) is 3.69. The number of benzene rings is 8. The van der Waals surface area contributed by atoms with Crippen molar-refractivity contribution in [2.24, 2.45) is 0 Å². The third-order valence-corrected chi connectivity index (χ3v) is 10.3. The van der Waals surface area contributed by atoms with E-state index >= 15 is 0 Å². The zero-order valence-corrected chi connectivity index (χ0v) is 28.4. The summed E-state index contributed by atoms with van der Waals surface area (Å²) >= 11 is 0. The lowest BCUT2D eigenvalue weighted by Crippen LogP contribution is -1.92. The molecule has 0 amide bonds. The van der Waals surface area contributed by atoms with Gasteiger partial charge < -0.3 is 0 Å². The average molecular weight is 661 g/mol. The first-order valence-electron chi connectivity index (χ1n) is 17.7. The normalized spacial score (nSPS) is 11.5. The molecule has 2 aromatic heterocycles. The Morgan fingerprint density at radius 3 is 1.27 bits per heavy atom. The van der Waals surface area contributed by atoms with E-state index in [0.29, 0.717) is 0 Å². The minimum atomic E-state index is 0.971. The first-order chi connectivity index (χ1) is 25.8. The number of aromatic nitrogens is 2. The van der Waals surface area contributed by atoms with E-state index in [0.717, 1.165) is 33.6 Å². The molecule has 2 heterocycles. The van der Waals surface area contributed by atoms with Gasteiger partial charge in [0.25, 0.3) is 0 Å². The van der Waals surface area contributed by atoms with Crippen molar-refractivity contribution in [2.75, 3.05) is 0 Å². The SMILES string of the molecule is c1ccc(-c2cc(-c3cc(-c4ccc(-c5ccccn5)cc4)cc(-c4ccc(-c5ccccn5)cc4)c3)c3ccc4cccc5ccc2c3c54)cc1. The van der Waals surface area contributed by atoms with E-state index in [1.54, 1.807) is 0 Å². The van der Waals surface area contributed by atoms with Crippen LogP contribution >= 0.6 is 0 Å². The fraction of sp³-hybridized carbons (Fsp3) is 0. The molecule has 0 radical (unpaired) electrons. The summed E-state index contributed by atoms with van der Waals surface area (Å²) in [5, 5.41) is 7.71. The molecule has 8 aromatic carbocycles. The Morgan fingerprint density at radius 2 is 0.750 bits per heavy atom. The van der Waals surface area contributed by atoms with Crippen LogP contribution in [0.25, 0.3) is 99.3 Å². The van der Waals surface area contributed by atoms with E-state index in [1.165, 1.54) is 65.7 Å².